The highest BCUT2D eigenvalue weighted by atomic mass is 14.9. The Bertz CT molecular complexity index is 2900. The average molecular weight is 740 g/mol. The van der Waals surface area contributed by atoms with E-state index in [0.717, 1.165) is 72.4 Å². The molecule has 0 spiro atoms. The number of rotatable bonds is 8. The summed E-state index contributed by atoms with van der Waals surface area (Å²) in [6, 6.07) is 77.0. The van der Waals surface area contributed by atoms with E-state index in [4.69, 9.17) is 9.97 Å². The van der Waals surface area contributed by atoms with Crippen molar-refractivity contribution in [3.63, 3.8) is 0 Å². The van der Waals surface area contributed by atoms with Gasteiger partial charge in [0.15, 0.2) is 5.82 Å². The number of benzene rings is 8. The molecule has 272 valence electrons. The van der Waals surface area contributed by atoms with E-state index >= 15 is 0 Å². The molecule has 0 fully saturated rings. The highest BCUT2D eigenvalue weighted by molar-refractivity contribution is 5.97. The molecule has 0 N–H and O–H groups in total. The van der Waals surface area contributed by atoms with Crippen LogP contribution in [0.1, 0.15) is 0 Å². The lowest BCUT2D eigenvalue weighted by atomic mass is 9.93. The van der Waals surface area contributed by atoms with Crippen LogP contribution in [0.2, 0.25) is 0 Å². The van der Waals surface area contributed by atoms with Gasteiger partial charge in [-0.25, -0.2) is 9.97 Å². The van der Waals surface area contributed by atoms with Crippen molar-refractivity contribution in [1.82, 2.24) is 15.0 Å². The Morgan fingerprint density at radius 1 is 0.259 bits per heavy atom. The molecule has 3 nitrogen and oxygen atoms in total. The normalized spacial score (nSPS) is 11.1. The average Bonchev–Trinajstić information content (AvgIpc) is 3.32. The van der Waals surface area contributed by atoms with E-state index < -0.39 is 0 Å². The molecule has 0 unspecified atom stereocenters. The SMILES string of the molecule is c1ccc(-c2ccc(-c3cc(-c4ccc(-c5ccccn5)cc4)cc(-c4nc(-c5ccccc5)c5cc(-c6cccc(-c7ccccc7)c6)ccc5n4)c3)cc2)cc1. The Labute approximate surface area is 338 Å². The molecule has 0 saturated heterocycles. The number of aromatic nitrogens is 3. The molecule has 0 atom stereocenters. The van der Waals surface area contributed by atoms with Gasteiger partial charge in [-0.05, 0) is 104 Å². The van der Waals surface area contributed by atoms with Crippen LogP contribution >= 0.6 is 0 Å². The summed E-state index contributed by atoms with van der Waals surface area (Å²) >= 11 is 0. The highest BCUT2D eigenvalue weighted by Crippen LogP contribution is 2.37. The highest BCUT2D eigenvalue weighted by Gasteiger charge is 2.16. The minimum absolute atomic E-state index is 0.680. The molecule has 58 heavy (non-hydrogen) atoms. The summed E-state index contributed by atoms with van der Waals surface area (Å²) in [4.78, 5) is 15.3. The molecule has 0 aliphatic heterocycles. The molecule has 10 aromatic rings. The quantitative estimate of drug-likeness (QED) is 0.156. The Balaban J connectivity index is 1.11. The van der Waals surface area contributed by atoms with Crippen molar-refractivity contribution in [2.24, 2.45) is 0 Å². The third-order valence-electron chi connectivity index (χ3n) is 10.7. The van der Waals surface area contributed by atoms with Gasteiger partial charge < -0.3 is 0 Å². The zero-order chi connectivity index (χ0) is 38.7. The van der Waals surface area contributed by atoms with Gasteiger partial charge in [0.25, 0.3) is 0 Å². The second-order valence-corrected chi connectivity index (χ2v) is 14.5. The first-order valence-corrected chi connectivity index (χ1v) is 19.6. The van der Waals surface area contributed by atoms with Crippen molar-refractivity contribution >= 4 is 10.9 Å². The monoisotopic (exact) mass is 739 g/mol. The molecular formula is C55H37N3. The van der Waals surface area contributed by atoms with E-state index in [0.29, 0.717) is 5.82 Å². The van der Waals surface area contributed by atoms with Crippen LogP contribution in [-0.2, 0) is 0 Å². The van der Waals surface area contributed by atoms with Crippen molar-refractivity contribution in [2.45, 2.75) is 0 Å². The van der Waals surface area contributed by atoms with E-state index in [1.165, 1.54) is 22.3 Å². The van der Waals surface area contributed by atoms with Crippen LogP contribution in [-0.4, -0.2) is 15.0 Å². The third kappa shape index (κ3) is 7.09. The summed E-state index contributed by atoms with van der Waals surface area (Å²) in [5.41, 5.74) is 17.3. The predicted octanol–water partition coefficient (Wildman–Crippen LogP) is 14.4. The zero-order valence-corrected chi connectivity index (χ0v) is 31.7. The number of hydrogen-bond acceptors (Lipinski definition) is 3. The smallest absolute Gasteiger partial charge is 0.160 e. The van der Waals surface area contributed by atoms with Gasteiger partial charge in [0.05, 0.1) is 16.9 Å². The van der Waals surface area contributed by atoms with Gasteiger partial charge in [-0.1, -0.05) is 170 Å². The number of nitrogens with zero attached hydrogens (tertiary/aromatic N) is 3. The lowest BCUT2D eigenvalue weighted by molar-refractivity contribution is 1.23. The second-order valence-electron chi connectivity index (χ2n) is 14.5. The van der Waals surface area contributed by atoms with E-state index in [-0.39, 0.29) is 0 Å². The first-order valence-electron chi connectivity index (χ1n) is 19.6. The third-order valence-corrected chi connectivity index (χ3v) is 10.7. The van der Waals surface area contributed by atoms with Gasteiger partial charge >= 0.3 is 0 Å². The fraction of sp³-hybridized carbons (Fsp3) is 0. The van der Waals surface area contributed by atoms with Crippen LogP contribution in [0.25, 0.3) is 100 Å². The molecule has 0 bridgehead atoms. The Hall–Kier alpha value is -7.75. The van der Waals surface area contributed by atoms with Crippen LogP contribution in [0.15, 0.2) is 225 Å². The molecule has 10 rings (SSSR count). The molecular weight excluding hydrogens is 703 g/mol. The molecule has 8 aromatic carbocycles. The van der Waals surface area contributed by atoms with E-state index in [9.17, 15) is 0 Å². The first kappa shape index (κ1) is 34.7. The molecule has 2 aromatic heterocycles. The maximum atomic E-state index is 5.40. The summed E-state index contributed by atoms with van der Waals surface area (Å²) in [6.45, 7) is 0. The Kier molecular flexibility index (Phi) is 9.23. The topological polar surface area (TPSA) is 38.7 Å². The van der Waals surface area contributed by atoms with Crippen molar-refractivity contribution < 1.29 is 0 Å². The maximum Gasteiger partial charge on any atom is 0.160 e. The molecule has 3 heteroatoms. The minimum Gasteiger partial charge on any atom is -0.256 e. The van der Waals surface area contributed by atoms with Crippen LogP contribution in [0, 0.1) is 0 Å². The first-order chi connectivity index (χ1) is 28.7. The molecule has 0 amide bonds. The van der Waals surface area contributed by atoms with Gasteiger partial charge in [-0.2, -0.15) is 0 Å². The van der Waals surface area contributed by atoms with Gasteiger partial charge in [0, 0.05) is 28.3 Å². The summed E-state index contributed by atoms with van der Waals surface area (Å²) in [5.74, 6) is 0.680. The molecule has 0 aliphatic rings. The fourth-order valence-corrected chi connectivity index (χ4v) is 7.70. The Morgan fingerprint density at radius 3 is 1.29 bits per heavy atom. The van der Waals surface area contributed by atoms with E-state index in [2.05, 4.69) is 199 Å². The molecule has 2 heterocycles. The predicted molar refractivity (Wildman–Crippen MR) is 241 cm³/mol. The molecule has 0 aliphatic carbocycles. The van der Waals surface area contributed by atoms with Crippen LogP contribution in [0.3, 0.4) is 0 Å². The zero-order valence-electron chi connectivity index (χ0n) is 31.7. The van der Waals surface area contributed by atoms with Crippen molar-refractivity contribution in [1.29, 1.82) is 0 Å². The summed E-state index contributed by atoms with van der Waals surface area (Å²) in [6.07, 6.45) is 1.83. The van der Waals surface area contributed by atoms with Crippen LogP contribution in [0.5, 0.6) is 0 Å². The Morgan fingerprint density at radius 2 is 0.690 bits per heavy atom. The van der Waals surface area contributed by atoms with E-state index in [1.54, 1.807) is 0 Å². The number of fused-ring (bicyclic) bond motifs is 1. The van der Waals surface area contributed by atoms with Crippen molar-refractivity contribution in [2.75, 3.05) is 0 Å². The van der Waals surface area contributed by atoms with Gasteiger partial charge in [-0.15, -0.1) is 0 Å². The van der Waals surface area contributed by atoms with E-state index in [1.807, 2.05) is 30.5 Å². The largest absolute Gasteiger partial charge is 0.256 e. The van der Waals surface area contributed by atoms with Crippen molar-refractivity contribution in [3.8, 4) is 89.5 Å². The van der Waals surface area contributed by atoms with Crippen LogP contribution in [0.4, 0.5) is 0 Å². The fourth-order valence-electron chi connectivity index (χ4n) is 7.70. The van der Waals surface area contributed by atoms with Gasteiger partial charge in [0.1, 0.15) is 0 Å². The second kappa shape index (κ2) is 15.4. The van der Waals surface area contributed by atoms with Gasteiger partial charge in [0.2, 0.25) is 0 Å². The maximum absolute atomic E-state index is 5.40. The van der Waals surface area contributed by atoms with Crippen LogP contribution < -0.4 is 0 Å². The van der Waals surface area contributed by atoms with Gasteiger partial charge in [-0.3, -0.25) is 4.98 Å². The number of hydrogen-bond donors (Lipinski definition) is 0. The lowest BCUT2D eigenvalue weighted by Crippen LogP contribution is -1.97. The summed E-state index contributed by atoms with van der Waals surface area (Å²) in [5, 5.41) is 1.01. The minimum atomic E-state index is 0.680. The standard InChI is InChI=1S/C55H37N3/c1-4-13-38(14-5-1)40-22-24-41(25-23-40)48-34-49(42-26-28-43(29-27-42)52-21-10-11-32-56-52)36-50(35-48)55-57-53-31-30-47(37-51(53)54(58-55)44-17-8-3-9-18-44)46-20-12-19-45(33-46)39-15-6-2-7-16-39/h1-37H. The molecule has 0 radical (unpaired) electrons. The lowest BCUT2D eigenvalue weighted by Gasteiger charge is -2.14. The number of pyridine rings is 1. The molecule has 0 saturated carbocycles. The van der Waals surface area contributed by atoms with Crippen molar-refractivity contribution in [3.05, 3.63) is 225 Å². The summed E-state index contributed by atoms with van der Waals surface area (Å²) < 4.78 is 0. The summed E-state index contributed by atoms with van der Waals surface area (Å²) in [7, 11) is 0.